The Bertz CT molecular complexity index is 1200. The predicted molar refractivity (Wildman–Crippen MR) is 89.1 cm³/mol. The van der Waals surface area contributed by atoms with Crippen LogP contribution in [0.4, 0.5) is 0 Å². The first-order chi connectivity index (χ1) is 11.4. The molecule has 0 aliphatic rings. The fraction of sp³-hybridized carbons (Fsp3) is 0.167. The fourth-order valence-electron chi connectivity index (χ4n) is 2.96. The number of methoxy groups -OCH3 is 1. The molecule has 0 amide bonds. The van der Waals surface area contributed by atoms with E-state index in [-0.39, 0.29) is 16.7 Å². The van der Waals surface area contributed by atoms with Gasteiger partial charge in [0.05, 0.1) is 12.5 Å². The van der Waals surface area contributed by atoms with E-state index in [1.54, 1.807) is 6.07 Å². The van der Waals surface area contributed by atoms with Crippen molar-refractivity contribution in [2.24, 2.45) is 0 Å². The molecule has 0 fully saturated rings. The lowest BCUT2D eigenvalue weighted by atomic mass is 10.1. The molecule has 6 nitrogen and oxygen atoms in total. The SMILES string of the molecule is COc1c(O)c(O)cc2c1oc1c3cc(C)c(C)cc3oc(=O)c21. The number of phenols is 2. The molecule has 2 N–H and O–H groups in total. The zero-order valence-electron chi connectivity index (χ0n) is 13.3. The second-order valence-corrected chi connectivity index (χ2v) is 5.78. The van der Waals surface area contributed by atoms with Crippen LogP contribution in [-0.4, -0.2) is 17.3 Å². The minimum Gasteiger partial charge on any atom is -0.504 e. The van der Waals surface area contributed by atoms with E-state index in [4.69, 9.17) is 13.6 Å². The quantitative estimate of drug-likeness (QED) is 0.409. The van der Waals surface area contributed by atoms with Crippen LogP contribution in [0, 0.1) is 13.8 Å². The summed E-state index contributed by atoms with van der Waals surface area (Å²) in [5.74, 6) is -0.871. The van der Waals surface area contributed by atoms with E-state index < -0.39 is 17.1 Å². The van der Waals surface area contributed by atoms with Gasteiger partial charge in [-0.05, 0) is 43.2 Å². The van der Waals surface area contributed by atoms with Gasteiger partial charge in [-0.25, -0.2) is 4.79 Å². The van der Waals surface area contributed by atoms with E-state index in [9.17, 15) is 15.0 Å². The van der Waals surface area contributed by atoms with Crippen molar-refractivity contribution in [1.29, 1.82) is 0 Å². The molecule has 0 unspecified atom stereocenters. The summed E-state index contributed by atoms with van der Waals surface area (Å²) in [5.41, 5.74) is 2.38. The summed E-state index contributed by atoms with van der Waals surface area (Å²) in [6, 6.07) is 4.93. The van der Waals surface area contributed by atoms with Gasteiger partial charge in [-0.1, -0.05) is 0 Å². The lowest BCUT2D eigenvalue weighted by molar-refractivity contribution is 0.351. The zero-order chi connectivity index (χ0) is 17.2. The van der Waals surface area contributed by atoms with Gasteiger partial charge < -0.3 is 23.8 Å². The van der Waals surface area contributed by atoms with Crippen molar-refractivity contribution in [3.8, 4) is 17.2 Å². The molecule has 0 saturated carbocycles. The molecule has 24 heavy (non-hydrogen) atoms. The maximum absolute atomic E-state index is 12.4. The first-order valence-electron chi connectivity index (χ1n) is 7.31. The Hall–Kier alpha value is -3.15. The van der Waals surface area contributed by atoms with Crippen LogP contribution in [0.5, 0.6) is 17.2 Å². The van der Waals surface area contributed by atoms with Gasteiger partial charge in [0.25, 0.3) is 0 Å². The molecule has 0 bridgehead atoms. The van der Waals surface area contributed by atoms with Gasteiger partial charge in [0.2, 0.25) is 11.5 Å². The number of aromatic hydroxyl groups is 2. The maximum Gasteiger partial charge on any atom is 0.348 e. The van der Waals surface area contributed by atoms with Crippen LogP contribution in [-0.2, 0) is 0 Å². The third-order valence-corrected chi connectivity index (χ3v) is 4.34. The lowest BCUT2D eigenvalue weighted by Crippen LogP contribution is -1.99. The second-order valence-electron chi connectivity index (χ2n) is 5.78. The summed E-state index contributed by atoms with van der Waals surface area (Å²) in [5, 5.41) is 21.0. The van der Waals surface area contributed by atoms with E-state index in [0.717, 1.165) is 11.1 Å². The Morgan fingerprint density at radius 1 is 0.958 bits per heavy atom. The van der Waals surface area contributed by atoms with Gasteiger partial charge in [-0.3, -0.25) is 0 Å². The van der Waals surface area contributed by atoms with E-state index in [2.05, 4.69) is 0 Å². The molecule has 0 spiro atoms. The van der Waals surface area contributed by atoms with Gasteiger partial charge >= 0.3 is 5.63 Å². The fourth-order valence-corrected chi connectivity index (χ4v) is 2.96. The molecule has 2 aromatic heterocycles. The highest BCUT2D eigenvalue weighted by Crippen LogP contribution is 2.45. The number of fused-ring (bicyclic) bond motifs is 5. The van der Waals surface area contributed by atoms with Crippen molar-refractivity contribution >= 4 is 32.9 Å². The Morgan fingerprint density at radius 2 is 1.67 bits per heavy atom. The molecular weight excluding hydrogens is 312 g/mol. The molecule has 2 heterocycles. The molecule has 0 aliphatic heterocycles. The van der Waals surface area contributed by atoms with Crippen molar-refractivity contribution in [1.82, 2.24) is 0 Å². The van der Waals surface area contributed by atoms with Crippen LogP contribution in [0.1, 0.15) is 11.1 Å². The van der Waals surface area contributed by atoms with Crippen molar-refractivity contribution in [2.75, 3.05) is 7.11 Å². The second kappa shape index (κ2) is 4.67. The summed E-state index contributed by atoms with van der Waals surface area (Å²) in [6.45, 7) is 3.88. The number of rotatable bonds is 1. The van der Waals surface area contributed by atoms with Gasteiger partial charge in [0, 0.05) is 5.39 Å². The Morgan fingerprint density at radius 3 is 2.38 bits per heavy atom. The highest BCUT2D eigenvalue weighted by Gasteiger charge is 2.23. The average Bonchev–Trinajstić information content (AvgIpc) is 2.90. The molecule has 0 saturated heterocycles. The van der Waals surface area contributed by atoms with Crippen LogP contribution < -0.4 is 10.4 Å². The van der Waals surface area contributed by atoms with Crippen LogP contribution >= 0.6 is 0 Å². The summed E-state index contributed by atoms with van der Waals surface area (Å²) in [4.78, 5) is 12.4. The first-order valence-corrected chi connectivity index (χ1v) is 7.31. The number of phenolic OH excluding ortho intramolecular Hbond substituents is 2. The molecule has 2 aromatic carbocycles. The molecule has 0 aliphatic carbocycles. The first kappa shape index (κ1) is 14.4. The largest absolute Gasteiger partial charge is 0.504 e. The van der Waals surface area contributed by atoms with Crippen LogP contribution in [0.15, 0.2) is 31.8 Å². The molecule has 0 atom stereocenters. The normalized spacial score (nSPS) is 11.6. The number of ether oxygens (including phenoxy) is 1. The summed E-state index contributed by atoms with van der Waals surface area (Å²) >= 11 is 0. The standard InChI is InChI=1S/C18H14O6/c1-7-4-9-12(5-8(7)2)23-18(21)13-10-6-11(19)14(20)17(22-3)16(10)24-15(9)13/h4-6,19-20H,1-3H3. The number of aryl methyl sites for hydroxylation is 2. The smallest absolute Gasteiger partial charge is 0.348 e. The van der Waals surface area contributed by atoms with Crippen molar-refractivity contribution in [3.05, 3.63) is 39.7 Å². The molecule has 4 rings (SSSR count). The minimum atomic E-state index is -0.577. The highest BCUT2D eigenvalue weighted by molar-refractivity contribution is 6.15. The van der Waals surface area contributed by atoms with E-state index in [1.165, 1.54) is 13.2 Å². The van der Waals surface area contributed by atoms with E-state index in [0.29, 0.717) is 21.9 Å². The molecular formula is C18H14O6. The minimum absolute atomic E-state index is 0.0300. The molecule has 0 radical (unpaired) electrons. The van der Waals surface area contributed by atoms with Crippen molar-refractivity contribution < 1.29 is 23.8 Å². The van der Waals surface area contributed by atoms with Gasteiger partial charge in [0.15, 0.2) is 16.9 Å². The molecule has 6 heteroatoms. The van der Waals surface area contributed by atoms with Gasteiger partial charge in [0.1, 0.15) is 11.0 Å². The predicted octanol–water partition coefficient (Wildman–Crippen LogP) is 3.73. The number of hydrogen-bond acceptors (Lipinski definition) is 6. The summed E-state index contributed by atoms with van der Waals surface area (Å²) in [6.07, 6.45) is 0. The molecule has 122 valence electrons. The monoisotopic (exact) mass is 326 g/mol. The lowest BCUT2D eigenvalue weighted by Gasteiger charge is -2.04. The van der Waals surface area contributed by atoms with Gasteiger partial charge in [-0.15, -0.1) is 0 Å². The Balaban J connectivity index is 2.32. The topological polar surface area (TPSA) is 93.0 Å². The van der Waals surface area contributed by atoms with E-state index >= 15 is 0 Å². The highest BCUT2D eigenvalue weighted by atomic mass is 16.5. The zero-order valence-corrected chi connectivity index (χ0v) is 13.3. The maximum atomic E-state index is 12.4. The summed E-state index contributed by atoms with van der Waals surface area (Å²) in [7, 11) is 1.34. The third kappa shape index (κ3) is 1.73. The third-order valence-electron chi connectivity index (χ3n) is 4.34. The van der Waals surface area contributed by atoms with Crippen LogP contribution in [0.3, 0.4) is 0 Å². The van der Waals surface area contributed by atoms with Crippen LogP contribution in [0.25, 0.3) is 32.9 Å². The van der Waals surface area contributed by atoms with Crippen molar-refractivity contribution in [3.63, 3.8) is 0 Å². The van der Waals surface area contributed by atoms with Gasteiger partial charge in [-0.2, -0.15) is 0 Å². The number of furan rings is 1. The number of hydrogen-bond donors (Lipinski definition) is 2. The number of benzene rings is 2. The van der Waals surface area contributed by atoms with E-state index in [1.807, 2.05) is 19.9 Å². The average molecular weight is 326 g/mol. The van der Waals surface area contributed by atoms with Crippen molar-refractivity contribution in [2.45, 2.75) is 13.8 Å². The Kier molecular flexibility index (Phi) is 2.81. The summed E-state index contributed by atoms with van der Waals surface area (Å²) < 4.78 is 16.4. The Labute approximate surface area is 135 Å². The van der Waals surface area contributed by atoms with Crippen LogP contribution in [0.2, 0.25) is 0 Å². The molecule has 4 aromatic rings.